The number of hydrogen-bond donors (Lipinski definition) is 1. The molecule has 3 heterocycles. The van der Waals surface area contributed by atoms with E-state index in [1.807, 2.05) is 4.90 Å². The molecule has 0 saturated carbocycles. The van der Waals surface area contributed by atoms with Crippen LogP contribution in [0.5, 0.6) is 0 Å². The Labute approximate surface area is 178 Å². The summed E-state index contributed by atoms with van der Waals surface area (Å²) in [7, 11) is 0. The lowest BCUT2D eigenvalue weighted by atomic mass is 9.91. The molecule has 3 saturated heterocycles. The van der Waals surface area contributed by atoms with Gasteiger partial charge in [-0.25, -0.2) is 0 Å². The average Bonchev–Trinajstić information content (AvgIpc) is 2.98. The molecular formula is C21H31ClN4O3. The molecule has 2 bridgehead atoms. The number of amides is 1. The Kier molecular flexibility index (Phi) is 6.69. The van der Waals surface area contributed by atoms with Gasteiger partial charge in [-0.15, -0.1) is 12.4 Å². The maximum Gasteiger partial charge on any atom is 0.293 e. The van der Waals surface area contributed by atoms with E-state index in [2.05, 4.69) is 24.1 Å². The lowest BCUT2D eigenvalue weighted by molar-refractivity contribution is -0.384. The zero-order valence-corrected chi connectivity index (χ0v) is 18.0. The van der Waals surface area contributed by atoms with Crippen LogP contribution in [-0.2, 0) is 0 Å². The molecule has 7 nitrogen and oxygen atoms in total. The van der Waals surface area contributed by atoms with Gasteiger partial charge < -0.3 is 15.1 Å². The van der Waals surface area contributed by atoms with Gasteiger partial charge >= 0.3 is 0 Å². The normalized spacial score (nSPS) is 29.2. The number of nitrogens with one attached hydrogen (secondary N) is 1. The van der Waals surface area contributed by atoms with Gasteiger partial charge in [0.15, 0.2) is 0 Å². The van der Waals surface area contributed by atoms with Crippen LogP contribution in [0.1, 0.15) is 49.9 Å². The van der Waals surface area contributed by atoms with E-state index in [1.54, 1.807) is 12.1 Å². The molecule has 0 aromatic heterocycles. The van der Waals surface area contributed by atoms with E-state index in [0.29, 0.717) is 48.3 Å². The zero-order valence-electron chi connectivity index (χ0n) is 17.2. The molecular weight excluding hydrogens is 392 g/mol. The smallest absolute Gasteiger partial charge is 0.293 e. The van der Waals surface area contributed by atoms with Gasteiger partial charge in [0.2, 0.25) is 0 Å². The number of hydrogen-bond acceptors (Lipinski definition) is 5. The number of rotatable bonds is 3. The number of carbonyl (C=O) groups is 1. The molecule has 3 aliphatic heterocycles. The number of halogens is 1. The summed E-state index contributed by atoms with van der Waals surface area (Å²) in [5.41, 5.74) is 1.10. The van der Waals surface area contributed by atoms with Gasteiger partial charge in [0.25, 0.3) is 11.6 Å². The van der Waals surface area contributed by atoms with Crippen molar-refractivity contribution in [3.63, 3.8) is 0 Å². The highest BCUT2D eigenvalue weighted by atomic mass is 35.5. The molecule has 3 aliphatic rings. The van der Waals surface area contributed by atoms with E-state index < -0.39 is 0 Å². The Bertz CT molecular complexity index is 764. The number of carbonyl (C=O) groups excluding carboxylic acids is 1. The predicted octanol–water partition coefficient (Wildman–Crippen LogP) is 3.47. The summed E-state index contributed by atoms with van der Waals surface area (Å²) in [5.74, 6) is 0.916. The second-order valence-electron chi connectivity index (χ2n) is 8.99. The standard InChI is InChI=1S/C21H30N4O3.ClH/c1-14-9-15(2)12-24(11-14)19-6-3-16(10-20(19)25(27)28)21(26)23-8-7-17-4-5-18(13-23)22-17;/h3,6,10,14-15,17-18,22H,4-5,7-9,11-13H2,1-2H3;1H. The fourth-order valence-electron chi connectivity index (χ4n) is 5.24. The molecule has 4 atom stereocenters. The van der Waals surface area contributed by atoms with Gasteiger partial charge in [0.1, 0.15) is 5.69 Å². The second kappa shape index (κ2) is 8.88. The molecule has 3 fully saturated rings. The lowest BCUT2D eigenvalue weighted by Gasteiger charge is -2.36. The van der Waals surface area contributed by atoms with Crippen molar-refractivity contribution in [1.29, 1.82) is 0 Å². The van der Waals surface area contributed by atoms with Gasteiger partial charge in [0.05, 0.1) is 4.92 Å². The Morgan fingerprint density at radius 1 is 1.10 bits per heavy atom. The second-order valence-corrected chi connectivity index (χ2v) is 8.99. The molecule has 4 unspecified atom stereocenters. The summed E-state index contributed by atoms with van der Waals surface area (Å²) in [6.07, 6.45) is 4.37. The number of anilines is 1. The highest BCUT2D eigenvalue weighted by Gasteiger charge is 2.33. The minimum absolute atomic E-state index is 0. The topological polar surface area (TPSA) is 78.7 Å². The van der Waals surface area contributed by atoms with Crippen LogP contribution in [0.3, 0.4) is 0 Å². The minimum Gasteiger partial charge on any atom is -0.365 e. The first kappa shape index (κ1) is 21.8. The Morgan fingerprint density at radius 3 is 2.48 bits per heavy atom. The maximum absolute atomic E-state index is 13.1. The third-order valence-electron chi connectivity index (χ3n) is 6.44. The van der Waals surface area contributed by atoms with Crippen molar-refractivity contribution >= 4 is 29.7 Å². The number of nitro benzene ring substituents is 1. The van der Waals surface area contributed by atoms with E-state index >= 15 is 0 Å². The largest absolute Gasteiger partial charge is 0.365 e. The van der Waals surface area contributed by atoms with Crippen LogP contribution in [0, 0.1) is 22.0 Å². The van der Waals surface area contributed by atoms with E-state index in [1.165, 1.54) is 12.5 Å². The monoisotopic (exact) mass is 422 g/mol. The number of benzene rings is 1. The zero-order chi connectivity index (χ0) is 19.8. The molecule has 8 heteroatoms. The lowest BCUT2D eigenvalue weighted by Crippen LogP contribution is -2.39. The Morgan fingerprint density at radius 2 is 1.79 bits per heavy atom. The highest BCUT2D eigenvalue weighted by Crippen LogP contribution is 2.34. The first-order chi connectivity index (χ1) is 13.4. The molecule has 29 heavy (non-hydrogen) atoms. The van der Waals surface area contributed by atoms with Gasteiger partial charge in [0, 0.05) is 49.9 Å². The van der Waals surface area contributed by atoms with Gasteiger partial charge in [-0.2, -0.15) is 0 Å². The number of likely N-dealkylation sites (tertiary alicyclic amines) is 1. The molecule has 4 rings (SSSR count). The van der Waals surface area contributed by atoms with Crippen LogP contribution in [0.25, 0.3) is 0 Å². The minimum atomic E-state index is -0.345. The SMILES string of the molecule is CC1CC(C)CN(c2ccc(C(=O)N3CCC4CCC(C3)N4)cc2[N+](=O)[O-])C1.Cl. The molecule has 1 N–H and O–H groups in total. The van der Waals surface area contributed by atoms with Crippen LogP contribution in [0.4, 0.5) is 11.4 Å². The van der Waals surface area contributed by atoms with Gasteiger partial charge in [-0.05, 0) is 49.7 Å². The highest BCUT2D eigenvalue weighted by molar-refractivity contribution is 5.96. The maximum atomic E-state index is 13.1. The van der Waals surface area contributed by atoms with E-state index in [4.69, 9.17) is 0 Å². The quantitative estimate of drug-likeness (QED) is 0.596. The van der Waals surface area contributed by atoms with Crippen molar-refractivity contribution in [2.24, 2.45) is 11.8 Å². The molecule has 1 amide bonds. The van der Waals surface area contributed by atoms with Crippen molar-refractivity contribution < 1.29 is 9.72 Å². The first-order valence-corrected chi connectivity index (χ1v) is 10.5. The molecule has 0 radical (unpaired) electrons. The third kappa shape index (κ3) is 4.67. The van der Waals surface area contributed by atoms with Crippen molar-refractivity contribution in [2.75, 3.05) is 31.1 Å². The molecule has 0 spiro atoms. The van der Waals surface area contributed by atoms with Crippen LogP contribution in [0.2, 0.25) is 0 Å². The number of nitrogens with zero attached hydrogens (tertiary/aromatic N) is 3. The van der Waals surface area contributed by atoms with Crippen molar-refractivity contribution in [3.8, 4) is 0 Å². The van der Waals surface area contributed by atoms with Gasteiger partial charge in [-0.3, -0.25) is 14.9 Å². The van der Waals surface area contributed by atoms with Crippen LogP contribution < -0.4 is 10.2 Å². The van der Waals surface area contributed by atoms with Crippen LogP contribution in [-0.4, -0.2) is 54.0 Å². The summed E-state index contributed by atoms with van der Waals surface area (Å²) < 4.78 is 0. The van der Waals surface area contributed by atoms with Crippen molar-refractivity contribution in [1.82, 2.24) is 10.2 Å². The fraction of sp³-hybridized carbons (Fsp3) is 0.667. The molecule has 1 aromatic rings. The molecule has 0 aliphatic carbocycles. The van der Waals surface area contributed by atoms with Crippen LogP contribution >= 0.6 is 12.4 Å². The third-order valence-corrected chi connectivity index (χ3v) is 6.44. The van der Waals surface area contributed by atoms with Gasteiger partial charge in [-0.1, -0.05) is 13.8 Å². The van der Waals surface area contributed by atoms with Crippen molar-refractivity contribution in [2.45, 2.75) is 51.6 Å². The summed E-state index contributed by atoms with van der Waals surface area (Å²) >= 11 is 0. The molecule has 1 aromatic carbocycles. The van der Waals surface area contributed by atoms with E-state index in [0.717, 1.165) is 32.4 Å². The predicted molar refractivity (Wildman–Crippen MR) is 116 cm³/mol. The molecule has 160 valence electrons. The Hall–Kier alpha value is -1.86. The summed E-state index contributed by atoms with van der Waals surface area (Å²) in [6, 6.07) is 5.88. The average molecular weight is 423 g/mol. The van der Waals surface area contributed by atoms with Crippen LogP contribution in [0.15, 0.2) is 18.2 Å². The number of piperidine rings is 1. The van der Waals surface area contributed by atoms with E-state index in [-0.39, 0.29) is 28.9 Å². The fourth-order valence-corrected chi connectivity index (χ4v) is 5.24. The first-order valence-electron chi connectivity index (χ1n) is 10.5. The van der Waals surface area contributed by atoms with Crippen molar-refractivity contribution in [3.05, 3.63) is 33.9 Å². The van der Waals surface area contributed by atoms with E-state index in [9.17, 15) is 14.9 Å². The summed E-state index contributed by atoms with van der Waals surface area (Å²) in [5, 5.41) is 15.4. The Balaban J connectivity index is 0.00000240. The number of nitro groups is 1. The number of fused-ring (bicyclic) bond motifs is 2. The summed E-state index contributed by atoms with van der Waals surface area (Å²) in [6.45, 7) is 7.41. The summed E-state index contributed by atoms with van der Waals surface area (Å²) in [4.78, 5) is 28.5.